The molecule has 0 spiro atoms. The molecule has 0 nitrogen and oxygen atoms in total. The summed E-state index contributed by atoms with van der Waals surface area (Å²) in [5.41, 5.74) is 2.38. The highest BCUT2D eigenvalue weighted by Gasteiger charge is 2.23. The Morgan fingerprint density at radius 2 is 2.25 bits per heavy atom. The first-order valence-corrected chi connectivity index (χ1v) is 5.18. The van der Waals surface area contributed by atoms with Crippen LogP contribution in [0.2, 0.25) is 0 Å². The van der Waals surface area contributed by atoms with E-state index in [2.05, 4.69) is 34.2 Å². The molecule has 0 aromatic carbocycles. The molecule has 0 fully saturated rings. The monoisotopic (exact) mass is 220 g/mol. The molecular weight excluding hydrogens is 211 g/mol. The molecule has 0 aliphatic heterocycles. The molecule has 2 heteroatoms. The maximum atomic E-state index is 5.89. The quantitative estimate of drug-likeness (QED) is 0.335. The lowest BCUT2D eigenvalue weighted by atomic mass is 9.75. The molecule has 2 atom stereocenters. The van der Waals surface area contributed by atoms with E-state index in [0.717, 1.165) is 18.3 Å². The fraction of sp³-hybridized carbons (Fsp3) is 0.400. The van der Waals surface area contributed by atoms with Gasteiger partial charge in [-0.3, -0.25) is 0 Å². The van der Waals surface area contributed by atoms with Crippen LogP contribution in [0.25, 0.3) is 0 Å². The predicted octanol–water partition coefficient (Wildman–Crippen LogP) is 2.71. The summed E-state index contributed by atoms with van der Waals surface area (Å²) in [6, 6.07) is 0. The van der Waals surface area contributed by atoms with Gasteiger partial charge >= 0.3 is 0 Å². The van der Waals surface area contributed by atoms with Crippen LogP contribution in [-0.2, 0) is 0 Å². The molecule has 0 heterocycles. The van der Waals surface area contributed by atoms with Crippen LogP contribution in [-0.4, -0.2) is 12.7 Å². The van der Waals surface area contributed by atoms with Crippen molar-refractivity contribution in [1.82, 2.24) is 0 Å². The molecule has 12 heavy (non-hydrogen) atoms. The van der Waals surface area contributed by atoms with Gasteiger partial charge in [0.2, 0.25) is 0 Å². The highest BCUT2D eigenvalue weighted by Crippen LogP contribution is 2.35. The van der Waals surface area contributed by atoms with E-state index in [1.807, 2.05) is 6.08 Å². The van der Waals surface area contributed by atoms with Gasteiger partial charge < -0.3 is 0 Å². The first-order chi connectivity index (χ1) is 5.79. The molecule has 2 rings (SSSR count). The molecule has 0 bridgehead atoms. The molecule has 0 amide bonds. The molecular formula is C10H10BBr. The fourth-order valence-electron chi connectivity index (χ4n) is 1.82. The number of rotatable bonds is 0. The van der Waals surface area contributed by atoms with Crippen LogP contribution in [0.15, 0.2) is 35.3 Å². The van der Waals surface area contributed by atoms with Crippen molar-refractivity contribution in [3.63, 3.8) is 0 Å². The van der Waals surface area contributed by atoms with Gasteiger partial charge in [0.05, 0.1) is 0 Å². The number of hydrogen-bond donors (Lipinski definition) is 0. The van der Waals surface area contributed by atoms with Crippen molar-refractivity contribution in [2.75, 3.05) is 0 Å². The van der Waals surface area contributed by atoms with E-state index in [9.17, 15) is 0 Å². The van der Waals surface area contributed by atoms with E-state index >= 15 is 0 Å². The van der Waals surface area contributed by atoms with E-state index in [1.165, 1.54) is 5.57 Å². The number of hydrogen-bond acceptors (Lipinski definition) is 0. The van der Waals surface area contributed by atoms with Crippen molar-refractivity contribution >= 4 is 23.8 Å². The SMILES string of the molecule is [B]C1=C2CCC=CC2C(Br)C=C1. The zero-order valence-corrected chi connectivity index (χ0v) is 8.42. The summed E-state index contributed by atoms with van der Waals surface area (Å²) >= 11 is 3.63. The molecule has 0 saturated heterocycles. The minimum atomic E-state index is 0.441. The smallest absolute Gasteiger partial charge is 0.0971 e. The third-order valence-electron chi connectivity index (χ3n) is 2.50. The summed E-state index contributed by atoms with van der Waals surface area (Å²) in [6.45, 7) is 0. The van der Waals surface area contributed by atoms with Gasteiger partial charge in [0.25, 0.3) is 0 Å². The van der Waals surface area contributed by atoms with Gasteiger partial charge in [-0.1, -0.05) is 51.3 Å². The van der Waals surface area contributed by atoms with Crippen molar-refractivity contribution in [3.8, 4) is 0 Å². The minimum Gasteiger partial charge on any atom is -0.0971 e. The predicted molar refractivity (Wildman–Crippen MR) is 56.5 cm³/mol. The Labute approximate surface area is 83.0 Å². The Morgan fingerprint density at radius 1 is 1.42 bits per heavy atom. The first kappa shape index (κ1) is 8.37. The standard InChI is InChI=1S/C10H10BBr/c11-9-5-6-10(12)8-4-2-1-3-7(8)9/h2,4-6,8,10H,1,3H2. The molecule has 2 radical (unpaired) electrons. The van der Waals surface area contributed by atoms with E-state index in [1.54, 1.807) is 0 Å². The van der Waals surface area contributed by atoms with E-state index in [4.69, 9.17) is 7.85 Å². The largest absolute Gasteiger partial charge is 0.113 e. The summed E-state index contributed by atoms with van der Waals surface area (Å²) in [5.74, 6) is 0.503. The van der Waals surface area contributed by atoms with Crippen molar-refractivity contribution in [1.29, 1.82) is 0 Å². The van der Waals surface area contributed by atoms with Gasteiger partial charge in [-0.25, -0.2) is 0 Å². The number of halogens is 1. The summed E-state index contributed by atoms with van der Waals surface area (Å²) < 4.78 is 0. The van der Waals surface area contributed by atoms with E-state index < -0.39 is 0 Å². The molecule has 2 unspecified atom stereocenters. The van der Waals surface area contributed by atoms with Crippen LogP contribution in [0, 0.1) is 5.92 Å². The van der Waals surface area contributed by atoms with Crippen LogP contribution < -0.4 is 0 Å². The molecule has 0 N–H and O–H groups in total. The normalized spacial score (nSPS) is 33.8. The van der Waals surface area contributed by atoms with Crippen molar-refractivity contribution in [2.24, 2.45) is 5.92 Å². The van der Waals surface area contributed by atoms with Crippen LogP contribution in [0.5, 0.6) is 0 Å². The zero-order valence-electron chi connectivity index (χ0n) is 6.83. The summed E-state index contributed by atoms with van der Waals surface area (Å²) in [5, 5.41) is 0. The van der Waals surface area contributed by atoms with Gasteiger partial charge in [-0.2, -0.15) is 0 Å². The Morgan fingerprint density at radius 3 is 3.00 bits per heavy atom. The molecule has 0 saturated carbocycles. The highest BCUT2D eigenvalue weighted by molar-refractivity contribution is 9.09. The Balaban J connectivity index is 2.38. The number of fused-ring (bicyclic) bond motifs is 1. The highest BCUT2D eigenvalue weighted by atomic mass is 79.9. The zero-order chi connectivity index (χ0) is 8.55. The lowest BCUT2D eigenvalue weighted by Crippen LogP contribution is -2.19. The lowest BCUT2D eigenvalue weighted by Gasteiger charge is -2.28. The number of alkyl halides is 1. The Bertz CT molecular complexity index is 276. The average Bonchev–Trinajstić information content (AvgIpc) is 2.12. The Hall–Kier alpha value is -0.235. The average molecular weight is 221 g/mol. The number of allylic oxidation sites excluding steroid dienone is 6. The maximum absolute atomic E-state index is 5.89. The van der Waals surface area contributed by atoms with Gasteiger partial charge in [0, 0.05) is 10.7 Å². The van der Waals surface area contributed by atoms with Gasteiger partial charge in [0.15, 0.2) is 0 Å². The second-order valence-corrected chi connectivity index (χ2v) is 4.33. The van der Waals surface area contributed by atoms with Crippen LogP contribution in [0.1, 0.15) is 12.8 Å². The maximum Gasteiger partial charge on any atom is 0.113 e. The third kappa shape index (κ3) is 1.33. The summed E-state index contributed by atoms with van der Waals surface area (Å²) in [7, 11) is 5.89. The second-order valence-electron chi connectivity index (χ2n) is 3.28. The van der Waals surface area contributed by atoms with Crippen LogP contribution in [0.4, 0.5) is 0 Å². The van der Waals surface area contributed by atoms with E-state index in [0.29, 0.717) is 10.7 Å². The molecule has 0 aromatic heterocycles. The van der Waals surface area contributed by atoms with Crippen molar-refractivity contribution in [3.05, 3.63) is 35.3 Å². The second kappa shape index (κ2) is 3.25. The minimum absolute atomic E-state index is 0.441. The van der Waals surface area contributed by atoms with Crippen molar-refractivity contribution < 1.29 is 0 Å². The van der Waals surface area contributed by atoms with Crippen LogP contribution >= 0.6 is 15.9 Å². The topological polar surface area (TPSA) is 0 Å². The van der Waals surface area contributed by atoms with Gasteiger partial charge in [-0.05, 0) is 12.8 Å². The third-order valence-corrected chi connectivity index (χ3v) is 3.37. The molecule has 60 valence electrons. The first-order valence-electron chi connectivity index (χ1n) is 4.26. The van der Waals surface area contributed by atoms with Crippen LogP contribution in [0.3, 0.4) is 0 Å². The summed E-state index contributed by atoms with van der Waals surface area (Å²) in [4.78, 5) is 0.441. The molecule has 2 aliphatic carbocycles. The molecule has 2 aliphatic rings. The summed E-state index contributed by atoms with van der Waals surface area (Å²) in [6.07, 6.45) is 10.9. The lowest BCUT2D eigenvalue weighted by molar-refractivity contribution is 0.699. The van der Waals surface area contributed by atoms with Gasteiger partial charge in [-0.15, -0.1) is 0 Å². The van der Waals surface area contributed by atoms with Crippen molar-refractivity contribution in [2.45, 2.75) is 17.7 Å². The Kier molecular flexibility index (Phi) is 2.27. The fourth-order valence-corrected chi connectivity index (χ4v) is 2.47. The van der Waals surface area contributed by atoms with Gasteiger partial charge in [0.1, 0.15) is 7.85 Å². The molecule has 0 aromatic rings. The van der Waals surface area contributed by atoms with E-state index in [-0.39, 0.29) is 0 Å².